The Balaban J connectivity index is 2.36. The fourth-order valence-electron chi connectivity index (χ4n) is 1.89. The Bertz CT molecular complexity index is 507. The highest BCUT2D eigenvalue weighted by molar-refractivity contribution is 9.10. The largest absolute Gasteiger partial charge is 0.343 e. The average Bonchev–Trinajstić information content (AvgIpc) is 2.32. The quantitative estimate of drug-likeness (QED) is 0.904. The van der Waals surface area contributed by atoms with Crippen LogP contribution in [-0.2, 0) is 9.59 Å². The Hall–Kier alpha value is -1.07. The Labute approximate surface area is 118 Å². The minimum absolute atomic E-state index is 0.0373. The third-order valence-electron chi connectivity index (χ3n) is 2.81. The van der Waals surface area contributed by atoms with E-state index in [-0.39, 0.29) is 18.4 Å². The fraction of sp³-hybridized carbons (Fsp3) is 0.333. The average molecular weight is 332 g/mol. The molecule has 1 aromatic carbocycles. The van der Waals surface area contributed by atoms with Crippen LogP contribution in [-0.4, -0.2) is 24.4 Å². The van der Waals surface area contributed by atoms with E-state index in [2.05, 4.69) is 21.2 Å². The Morgan fingerprint density at radius 2 is 2.22 bits per heavy atom. The number of piperazine rings is 1. The fourth-order valence-corrected chi connectivity index (χ4v) is 2.79. The first-order chi connectivity index (χ1) is 8.52. The molecule has 0 spiro atoms. The van der Waals surface area contributed by atoms with Crippen molar-refractivity contribution in [2.75, 3.05) is 11.4 Å². The summed E-state index contributed by atoms with van der Waals surface area (Å²) in [6, 6.07) is 4.68. The van der Waals surface area contributed by atoms with Crippen molar-refractivity contribution in [3.63, 3.8) is 0 Å². The SMILES string of the molecule is CCC1NC(=O)CN(c2ccc(Cl)cc2Br)C1=O. The summed E-state index contributed by atoms with van der Waals surface area (Å²) in [6.45, 7) is 1.90. The number of halogens is 2. The van der Waals surface area contributed by atoms with Gasteiger partial charge in [0.2, 0.25) is 11.8 Å². The highest BCUT2D eigenvalue weighted by atomic mass is 79.9. The number of carbonyl (C=O) groups excluding carboxylic acids is 2. The van der Waals surface area contributed by atoms with Gasteiger partial charge in [-0.2, -0.15) is 0 Å². The lowest BCUT2D eigenvalue weighted by Gasteiger charge is -2.32. The molecule has 2 amide bonds. The van der Waals surface area contributed by atoms with Gasteiger partial charge in [0.1, 0.15) is 12.6 Å². The number of nitrogens with one attached hydrogen (secondary N) is 1. The highest BCUT2D eigenvalue weighted by Gasteiger charge is 2.33. The first-order valence-electron chi connectivity index (χ1n) is 5.58. The molecule has 1 saturated heterocycles. The van der Waals surface area contributed by atoms with Gasteiger partial charge < -0.3 is 10.2 Å². The molecule has 1 N–H and O–H groups in total. The molecule has 1 aliphatic rings. The van der Waals surface area contributed by atoms with Gasteiger partial charge in [0.25, 0.3) is 0 Å². The molecule has 4 nitrogen and oxygen atoms in total. The zero-order chi connectivity index (χ0) is 13.3. The normalized spacial score (nSPS) is 19.9. The molecule has 18 heavy (non-hydrogen) atoms. The van der Waals surface area contributed by atoms with Gasteiger partial charge in [0.05, 0.1) is 5.69 Å². The van der Waals surface area contributed by atoms with Crippen LogP contribution in [0.3, 0.4) is 0 Å². The van der Waals surface area contributed by atoms with E-state index >= 15 is 0 Å². The van der Waals surface area contributed by atoms with Gasteiger partial charge in [-0.05, 0) is 40.5 Å². The zero-order valence-corrected chi connectivity index (χ0v) is 12.1. The third-order valence-corrected chi connectivity index (χ3v) is 3.68. The van der Waals surface area contributed by atoms with Gasteiger partial charge in [0.15, 0.2) is 0 Å². The van der Waals surface area contributed by atoms with E-state index in [0.29, 0.717) is 21.6 Å². The lowest BCUT2D eigenvalue weighted by Crippen LogP contribution is -2.58. The Kier molecular flexibility index (Phi) is 3.92. The van der Waals surface area contributed by atoms with Crippen molar-refractivity contribution < 1.29 is 9.59 Å². The minimum Gasteiger partial charge on any atom is -0.343 e. The highest BCUT2D eigenvalue weighted by Crippen LogP contribution is 2.30. The van der Waals surface area contributed by atoms with E-state index < -0.39 is 6.04 Å². The van der Waals surface area contributed by atoms with E-state index in [0.717, 1.165) is 0 Å². The van der Waals surface area contributed by atoms with Crippen LogP contribution in [0.2, 0.25) is 5.02 Å². The third kappa shape index (κ3) is 2.52. The summed E-state index contributed by atoms with van der Waals surface area (Å²) < 4.78 is 0.702. The van der Waals surface area contributed by atoms with Gasteiger partial charge >= 0.3 is 0 Å². The van der Waals surface area contributed by atoms with E-state index in [9.17, 15) is 9.59 Å². The van der Waals surface area contributed by atoms with Crippen LogP contribution in [0.25, 0.3) is 0 Å². The maximum absolute atomic E-state index is 12.2. The van der Waals surface area contributed by atoms with Crippen LogP contribution in [0.4, 0.5) is 5.69 Å². The van der Waals surface area contributed by atoms with Crippen molar-refractivity contribution in [3.8, 4) is 0 Å². The second kappa shape index (κ2) is 5.28. The molecule has 0 aromatic heterocycles. The summed E-state index contributed by atoms with van der Waals surface area (Å²) in [7, 11) is 0. The number of hydrogen-bond donors (Lipinski definition) is 1. The van der Waals surface area contributed by atoms with Gasteiger partial charge in [-0.15, -0.1) is 0 Å². The predicted octanol–water partition coefficient (Wildman–Crippen LogP) is 2.34. The topological polar surface area (TPSA) is 49.4 Å². The summed E-state index contributed by atoms with van der Waals surface area (Å²) in [5.74, 6) is -0.247. The molecule has 1 heterocycles. The number of carbonyl (C=O) groups is 2. The summed E-state index contributed by atoms with van der Waals surface area (Å²) in [5.41, 5.74) is 0.665. The lowest BCUT2D eigenvalue weighted by molar-refractivity contribution is -0.131. The lowest BCUT2D eigenvalue weighted by atomic mass is 10.1. The number of amides is 2. The molecule has 96 valence electrons. The van der Waals surface area contributed by atoms with Crippen molar-refractivity contribution in [3.05, 3.63) is 27.7 Å². The van der Waals surface area contributed by atoms with Crippen molar-refractivity contribution >= 4 is 45.0 Å². The maximum Gasteiger partial charge on any atom is 0.250 e. The van der Waals surface area contributed by atoms with Crippen molar-refractivity contribution in [1.29, 1.82) is 0 Å². The van der Waals surface area contributed by atoms with E-state index in [1.165, 1.54) is 4.90 Å². The molecule has 0 aliphatic carbocycles. The van der Waals surface area contributed by atoms with Gasteiger partial charge in [0, 0.05) is 9.50 Å². The summed E-state index contributed by atoms with van der Waals surface area (Å²) >= 11 is 9.23. The van der Waals surface area contributed by atoms with Gasteiger partial charge in [-0.25, -0.2) is 0 Å². The number of hydrogen-bond acceptors (Lipinski definition) is 2. The standard InChI is InChI=1S/C12H12BrClN2O2/c1-2-9-12(18)16(6-11(17)15-9)10-4-3-7(14)5-8(10)13/h3-5,9H,2,6H2,1H3,(H,15,17). The molecular formula is C12H12BrClN2O2. The van der Waals surface area contributed by atoms with Gasteiger partial charge in [-0.3, -0.25) is 9.59 Å². The van der Waals surface area contributed by atoms with Crippen LogP contribution in [0.1, 0.15) is 13.3 Å². The summed E-state index contributed by atoms with van der Waals surface area (Å²) in [5, 5.41) is 3.25. The molecule has 2 rings (SSSR count). The zero-order valence-electron chi connectivity index (χ0n) is 9.74. The molecule has 0 bridgehead atoms. The molecule has 1 unspecified atom stereocenters. The number of benzene rings is 1. The van der Waals surface area contributed by atoms with Crippen molar-refractivity contribution in [1.82, 2.24) is 5.32 Å². The van der Waals surface area contributed by atoms with Crippen LogP contribution < -0.4 is 10.2 Å². The van der Waals surface area contributed by atoms with Crippen LogP contribution >= 0.6 is 27.5 Å². The molecule has 6 heteroatoms. The Morgan fingerprint density at radius 3 is 2.83 bits per heavy atom. The van der Waals surface area contributed by atoms with Crippen molar-refractivity contribution in [2.45, 2.75) is 19.4 Å². The number of rotatable bonds is 2. The van der Waals surface area contributed by atoms with Crippen LogP contribution in [0.15, 0.2) is 22.7 Å². The molecular weight excluding hydrogens is 320 g/mol. The predicted molar refractivity (Wildman–Crippen MR) is 73.7 cm³/mol. The molecule has 0 saturated carbocycles. The van der Waals surface area contributed by atoms with Crippen LogP contribution in [0, 0.1) is 0 Å². The molecule has 1 atom stereocenters. The van der Waals surface area contributed by atoms with Crippen LogP contribution in [0.5, 0.6) is 0 Å². The van der Waals surface area contributed by atoms with E-state index in [1.807, 2.05) is 6.92 Å². The Morgan fingerprint density at radius 1 is 1.50 bits per heavy atom. The van der Waals surface area contributed by atoms with Crippen molar-refractivity contribution in [2.24, 2.45) is 0 Å². The van der Waals surface area contributed by atoms with E-state index in [4.69, 9.17) is 11.6 Å². The van der Waals surface area contributed by atoms with Gasteiger partial charge in [-0.1, -0.05) is 18.5 Å². The maximum atomic E-state index is 12.2. The molecule has 0 radical (unpaired) electrons. The second-order valence-corrected chi connectivity index (χ2v) is 5.34. The number of nitrogens with zero attached hydrogens (tertiary/aromatic N) is 1. The monoisotopic (exact) mass is 330 g/mol. The number of anilines is 1. The smallest absolute Gasteiger partial charge is 0.250 e. The molecule has 1 fully saturated rings. The molecule has 1 aliphatic heterocycles. The summed E-state index contributed by atoms with van der Waals surface area (Å²) in [4.78, 5) is 25.3. The first-order valence-corrected chi connectivity index (χ1v) is 6.75. The summed E-state index contributed by atoms with van der Waals surface area (Å²) in [6.07, 6.45) is 0.576. The van der Waals surface area contributed by atoms with E-state index in [1.54, 1.807) is 18.2 Å². The minimum atomic E-state index is -0.450. The first kappa shape index (κ1) is 13.4. The molecule has 1 aromatic rings. The second-order valence-electron chi connectivity index (χ2n) is 4.05.